The third-order valence-corrected chi connectivity index (χ3v) is 5.07. The van der Waals surface area contributed by atoms with Gasteiger partial charge in [0.1, 0.15) is 18.6 Å². The van der Waals surface area contributed by atoms with Crippen molar-refractivity contribution in [3.8, 4) is 0 Å². The molecule has 2 atom stereocenters. The number of benzene rings is 1. The van der Waals surface area contributed by atoms with Gasteiger partial charge in [0.05, 0.1) is 9.82 Å². The number of carbonyl (C=O) groups is 5. The monoisotopic (exact) mass is 501 g/mol. The molecule has 0 spiro atoms. The molecule has 34 heavy (non-hydrogen) atoms. The highest BCUT2D eigenvalue weighted by atomic mass is 32.2. The summed E-state index contributed by atoms with van der Waals surface area (Å²) in [6, 6.07) is 0.881. The topological polar surface area (TPSA) is 245 Å². The summed E-state index contributed by atoms with van der Waals surface area (Å²) in [7, 11) is 0. The summed E-state index contributed by atoms with van der Waals surface area (Å²) in [5, 5.41) is 33.2. The maximum absolute atomic E-state index is 12.3. The van der Waals surface area contributed by atoms with E-state index in [0.717, 1.165) is 17.8 Å². The zero-order chi connectivity index (χ0) is 26.4. The Morgan fingerprint density at radius 3 is 2.29 bits per heavy atom. The van der Waals surface area contributed by atoms with E-state index in [1.165, 1.54) is 12.1 Å². The molecule has 0 aliphatic rings. The predicted molar refractivity (Wildman–Crippen MR) is 121 cm³/mol. The quantitative estimate of drug-likeness (QED) is 0.116. The van der Waals surface area contributed by atoms with Crippen LogP contribution in [0, 0.1) is 10.1 Å². The lowest BCUT2D eigenvalue weighted by Crippen LogP contribution is -2.49. The standard InChI is InChI=1S/C17H21N5O9S.C2H6/c18-9(17(28)29)2-4-13(23)21-10(16(27)20-6-14(24)25)7-32-12-3-1-8(15(19)26)5-11(12)22(30)31;1-2/h1,3,5,9-10H,2,4,6-7,18H2,(H2,19,26)(H,20,27)(H,21,23)(H,24,25)(H,28,29);1-2H3. The van der Waals surface area contributed by atoms with E-state index in [1.54, 1.807) is 0 Å². The van der Waals surface area contributed by atoms with Gasteiger partial charge >= 0.3 is 11.9 Å². The van der Waals surface area contributed by atoms with Crippen LogP contribution in [0.2, 0.25) is 0 Å². The number of thioether (sulfide) groups is 1. The number of nitro groups is 1. The second kappa shape index (κ2) is 15.2. The summed E-state index contributed by atoms with van der Waals surface area (Å²) < 4.78 is 0. The molecule has 0 saturated carbocycles. The summed E-state index contributed by atoms with van der Waals surface area (Å²) in [5.74, 6) is -5.35. The van der Waals surface area contributed by atoms with Crippen molar-refractivity contribution in [3.05, 3.63) is 33.9 Å². The molecule has 1 rings (SSSR count). The van der Waals surface area contributed by atoms with E-state index in [1.807, 2.05) is 13.8 Å². The van der Waals surface area contributed by atoms with E-state index in [0.29, 0.717) is 0 Å². The van der Waals surface area contributed by atoms with Crippen LogP contribution in [0.4, 0.5) is 5.69 Å². The fraction of sp³-hybridized carbons (Fsp3) is 0.421. The number of primary amides is 1. The van der Waals surface area contributed by atoms with E-state index in [4.69, 9.17) is 21.7 Å². The molecule has 188 valence electrons. The minimum Gasteiger partial charge on any atom is -0.480 e. The van der Waals surface area contributed by atoms with Gasteiger partial charge in [-0.15, -0.1) is 11.8 Å². The van der Waals surface area contributed by atoms with Gasteiger partial charge in [0.25, 0.3) is 5.69 Å². The van der Waals surface area contributed by atoms with Crippen LogP contribution in [-0.2, 0) is 19.2 Å². The van der Waals surface area contributed by atoms with Crippen molar-refractivity contribution in [2.24, 2.45) is 11.5 Å². The van der Waals surface area contributed by atoms with Crippen LogP contribution in [0.3, 0.4) is 0 Å². The number of aliphatic carboxylic acids is 2. The van der Waals surface area contributed by atoms with Crippen LogP contribution in [0.5, 0.6) is 0 Å². The molecule has 2 unspecified atom stereocenters. The van der Waals surface area contributed by atoms with Gasteiger partial charge in [0.15, 0.2) is 0 Å². The van der Waals surface area contributed by atoms with E-state index in [2.05, 4.69) is 10.6 Å². The molecule has 1 aromatic carbocycles. The van der Waals surface area contributed by atoms with Gasteiger partial charge in [-0.05, 0) is 18.6 Å². The largest absolute Gasteiger partial charge is 0.480 e. The number of nitrogens with one attached hydrogen (secondary N) is 2. The first-order valence-corrected chi connectivity index (χ1v) is 10.9. The minimum atomic E-state index is -1.33. The maximum Gasteiger partial charge on any atom is 0.322 e. The molecular formula is C19H27N5O9S. The lowest BCUT2D eigenvalue weighted by atomic mass is 10.1. The second-order valence-corrected chi connectivity index (χ2v) is 7.39. The van der Waals surface area contributed by atoms with Crippen molar-refractivity contribution in [2.75, 3.05) is 12.3 Å². The summed E-state index contributed by atoms with van der Waals surface area (Å²) in [4.78, 5) is 67.7. The fourth-order valence-electron chi connectivity index (χ4n) is 2.25. The van der Waals surface area contributed by atoms with Gasteiger partial charge in [-0.2, -0.15) is 0 Å². The van der Waals surface area contributed by atoms with Crippen LogP contribution in [0.25, 0.3) is 0 Å². The number of carboxylic acids is 2. The second-order valence-electron chi connectivity index (χ2n) is 6.33. The van der Waals surface area contributed by atoms with E-state index >= 15 is 0 Å². The SMILES string of the molecule is CC.NC(=O)c1ccc(SCC(NC(=O)CCC(N)C(=O)O)C(=O)NCC(=O)O)c([N+](=O)[O-])c1. The first-order chi connectivity index (χ1) is 15.9. The Balaban J connectivity index is 0.00000529. The average Bonchev–Trinajstić information content (AvgIpc) is 2.79. The molecule has 0 aromatic heterocycles. The van der Waals surface area contributed by atoms with Crippen molar-refractivity contribution in [1.82, 2.24) is 10.6 Å². The number of nitro benzene ring substituents is 1. The highest BCUT2D eigenvalue weighted by Gasteiger charge is 2.25. The summed E-state index contributed by atoms with van der Waals surface area (Å²) >= 11 is 0.802. The Bertz CT molecular complexity index is 925. The number of carboxylic acid groups (broad SMARTS) is 2. The van der Waals surface area contributed by atoms with Gasteiger partial charge < -0.3 is 32.3 Å². The Morgan fingerprint density at radius 1 is 1.18 bits per heavy atom. The third-order valence-electron chi connectivity index (χ3n) is 3.91. The molecule has 0 fully saturated rings. The van der Waals surface area contributed by atoms with Crippen LogP contribution in [0.1, 0.15) is 37.0 Å². The molecule has 8 N–H and O–H groups in total. The molecule has 0 saturated heterocycles. The van der Waals surface area contributed by atoms with Gasteiger partial charge in [-0.25, -0.2) is 0 Å². The lowest BCUT2D eigenvalue weighted by molar-refractivity contribution is -0.387. The molecule has 0 bridgehead atoms. The Labute approximate surface area is 198 Å². The van der Waals surface area contributed by atoms with Crippen molar-refractivity contribution in [1.29, 1.82) is 0 Å². The van der Waals surface area contributed by atoms with E-state index in [9.17, 15) is 34.1 Å². The summed E-state index contributed by atoms with van der Waals surface area (Å²) in [6.07, 6.45) is -0.536. The number of hydrogen-bond acceptors (Lipinski definition) is 9. The third kappa shape index (κ3) is 10.7. The molecular weight excluding hydrogens is 474 g/mol. The van der Waals surface area contributed by atoms with Crippen LogP contribution in [-0.4, -0.2) is 69.2 Å². The Hall–Kier alpha value is -3.72. The molecule has 15 heteroatoms. The smallest absolute Gasteiger partial charge is 0.322 e. The van der Waals surface area contributed by atoms with E-state index < -0.39 is 58.9 Å². The molecule has 0 aliphatic carbocycles. The highest BCUT2D eigenvalue weighted by molar-refractivity contribution is 7.99. The van der Waals surface area contributed by atoms with Crippen molar-refractivity contribution in [3.63, 3.8) is 0 Å². The van der Waals surface area contributed by atoms with Gasteiger partial charge in [-0.3, -0.25) is 34.1 Å². The van der Waals surface area contributed by atoms with Crippen LogP contribution >= 0.6 is 11.8 Å². The minimum absolute atomic E-state index is 0.0678. The van der Waals surface area contributed by atoms with Crippen molar-refractivity contribution < 1.29 is 39.1 Å². The molecule has 1 aromatic rings. The lowest BCUT2D eigenvalue weighted by Gasteiger charge is -2.18. The van der Waals surface area contributed by atoms with Gasteiger partial charge in [-0.1, -0.05) is 13.8 Å². The maximum atomic E-state index is 12.3. The Kier molecular flexibility index (Phi) is 13.5. The molecule has 0 aliphatic heterocycles. The van der Waals surface area contributed by atoms with E-state index in [-0.39, 0.29) is 29.1 Å². The van der Waals surface area contributed by atoms with Crippen molar-refractivity contribution in [2.45, 2.75) is 43.7 Å². The highest BCUT2D eigenvalue weighted by Crippen LogP contribution is 2.30. The molecule has 3 amide bonds. The predicted octanol–water partition coefficient (Wildman–Crippen LogP) is -0.310. The number of rotatable bonds is 13. The zero-order valence-electron chi connectivity index (χ0n) is 18.5. The van der Waals surface area contributed by atoms with Crippen LogP contribution < -0.4 is 22.1 Å². The van der Waals surface area contributed by atoms with Crippen molar-refractivity contribution >= 4 is 47.1 Å². The molecule has 0 heterocycles. The van der Waals surface area contributed by atoms with Crippen LogP contribution in [0.15, 0.2) is 23.1 Å². The first-order valence-electron chi connectivity index (χ1n) is 9.90. The number of nitrogens with zero attached hydrogens (tertiary/aromatic N) is 1. The van der Waals surface area contributed by atoms with Gasteiger partial charge in [0, 0.05) is 23.8 Å². The molecule has 0 radical (unpaired) electrons. The number of amides is 3. The number of nitrogens with two attached hydrogens (primary N) is 2. The normalized spacial score (nSPS) is 11.7. The summed E-state index contributed by atoms with van der Waals surface area (Å²) in [5.41, 5.74) is 9.89. The van der Waals surface area contributed by atoms with Gasteiger partial charge in [0.2, 0.25) is 17.7 Å². The Morgan fingerprint density at radius 2 is 1.79 bits per heavy atom. The number of carbonyl (C=O) groups excluding carboxylic acids is 3. The first kappa shape index (κ1) is 30.3. The zero-order valence-corrected chi connectivity index (χ0v) is 19.3. The number of hydrogen-bond donors (Lipinski definition) is 6. The fourth-order valence-corrected chi connectivity index (χ4v) is 3.28. The molecule has 14 nitrogen and oxygen atoms in total. The summed E-state index contributed by atoms with van der Waals surface area (Å²) in [6.45, 7) is 3.27. The average molecular weight is 502 g/mol.